The van der Waals surface area contributed by atoms with Gasteiger partial charge in [0.2, 0.25) is 5.28 Å². The van der Waals surface area contributed by atoms with Crippen LogP contribution in [0.3, 0.4) is 0 Å². The Balaban J connectivity index is 1.42. The number of fused-ring (bicyclic) bond motifs is 1. The van der Waals surface area contributed by atoms with E-state index in [0.29, 0.717) is 17.9 Å². The fraction of sp³-hybridized carbons (Fsp3) is 0.0870. The number of carbonyl (C=O) groups is 1. The van der Waals surface area contributed by atoms with E-state index < -0.39 is 0 Å². The van der Waals surface area contributed by atoms with Gasteiger partial charge in [0, 0.05) is 23.2 Å². The van der Waals surface area contributed by atoms with Crippen LogP contribution in [0.1, 0.15) is 21.5 Å². The second-order valence-electron chi connectivity index (χ2n) is 6.73. The quantitative estimate of drug-likeness (QED) is 0.435. The third-order valence-corrected chi connectivity index (χ3v) is 4.73. The fourth-order valence-electron chi connectivity index (χ4n) is 2.98. The summed E-state index contributed by atoms with van der Waals surface area (Å²) in [6, 6.07) is 22.9. The molecule has 1 aromatic heterocycles. The van der Waals surface area contributed by atoms with Crippen LogP contribution in [0.15, 0.2) is 72.8 Å². The number of hydrogen-bond acceptors (Lipinski definition) is 4. The number of aryl methyl sites for hydroxylation is 1. The van der Waals surface area contributed by atoms with Crippen LogP contribution in [0.2, 0.25) is 5.28 Å². The second-order valence-corrected chi connectivity index (χ2v) is 7.07. The van der Waals surface area contributed by atoms with Crippen LogP contribution in [0.4, 0.5) is 11.5 Å². The van der Waals surface area contributed by atoms with Crippen LogP contribution in [0.25, 0.3) is 10.9 Å². The van der Waals surface area contributed by atoms with Crippen molar-refractivity contribution in [3.05, 3.63) is 94.8 Å². The molecule has 3 aromatic carbocycles. The molecule has 0 bridgehead atoms. The van der Waals surface area contributed by atoms with E-state index in [2.05, 4.69) is 20.6 Å². The molecule has 0 spiro atoms. The summed E-state index contributed by atoms with van der Waals surface area (Å²) in [7, 11) is 0. The number of aromatic nitrogens is 2. The molecule has 0 aliphatic carbocycles. The summed E-state index contributed by atoms with van der Waals surface area (Å²) in [4.78, 5) is 20.9. The van der Waals surface area contributed by atoms with Gasteiger partial charge in [0.05, 0.1) is 5.52 Å². The zero-order chi connectivity index (χ0) is 20.2. The van der Waals surface area contributed by atoms with Crippen molar-refractivity contribution in [1.29, 1.82) is 0 Å². The second kappa shape index (κ2) is 8.29. The topological polar surface area (TPSA) is 66.9 Å². The molecule has 0 atom stereocenters. The SMILES string of the molecule is Cc1ccc(C(=O)Nc2ccc(CNc3nc(Cl)nc4ccccc34)cc2)cc1. The van der Waals surface area contributed by atoms with Gasteiger partial charge >= 0.3 is 0 Å². The molecule has 0 aliphatic rings. The van der Waals surface area contributed by atoms with E-state index in [9.17, 15) is 4.79 Å². The average Bonchev–Trinajstić information content (AvgIpc) is 2.73. The highest BCUT2D eigenvalue weighted by Crippen LogP contribution is 2.22. The van der Waals surface area contributed by atoms with Crippen molar-refractivity contribution in [2.24, 2.45) is 0 Å². The molecule has 0 unspecified atom stereocenters. The normalized spacial score (nSPS) is 10.7. The van der Waals surface area contributed by atoms with Gasteiger partial charge in [0.25, 0.3) is 5.91 Å². The summed E-state index contributed by atoms with van der Waals surface area (Å²) in [6.07, 6.45) is 0. The maximum absolute atomic E-state index is 12.3. The molecule has 5 nitrogen and oxygen atoms in total. The first kappa shape index (κ1) is 18.9. The summed E-state index contributed by atoms with van der Waals surface area (Å²) in [5, 5.41) is 7.35. The molecular formula is C23H19ClN4O. The van der Waals surface area contributed by atoms with E-state index in [1.807, 2.05) is 79.7 Å². The van der Waals surface area contributed by atoms with Gasteiger partial charge in [-0.1, -0.05) is 42.0 Å². The molecule has 0 aliphatic heterocycles. The number of amides is 1. The smallest absolute Gasteiger partial charge is 0.255 e. The summed E-state index contributed by atoms with van der Waals surface area (Å²) < 4.78 is 0. The lowest BCUT2D eigenvalue weighted by Crippen LogP contribution is -2.11. The zero-order valence-corrected chi connectivity index (χ0v) is 16.6. The number of halogens is 1. The number of nitrogens with one attached hydrogen (secondary N) is 2. The monoisotopic (exact) mass is 402 g/mol. The Morgan fingerprint density at radius 2 is 1.66 bits per heavy atom. The van der Waals surface area contributed by atoms with Crippen LogP contribution in [-0.2, 0) is 6.54 Å². The Labute approximate surface area is 173 Å². The van der Waals surface area contributed by atoms with Crippen molar-refractivity contribution < 1.29 is 4.79 Å². The summed E-state index contributed by atoms with van der Waals surface area (Å²) in [5.74, 6) is 0.565. The largest absolute Gasteiger partial charge is 0.365 e. The van der Waals surface area contributed by atoms with Crippen LogP contribution in [-0.4, -0.2) is 15.9 Å². The molecule has 29 heavy (non-hydrogen) atoms. The minimum Gasteiger partial charge on any atom is -0.365 e. The first-order valence-electron chi connectivity index (χ1n) is 9.21. The number of anilines is 2. The third-order valence-electron chi connectivity index (χ3n) is 4.56. The Hall–Kier alpha value is -3.44. The summed E-state index contributed by atoms with van der Waals surface area (Å²) in [6.45, 7) is 2.57. The summed E-state index contributed by atoms with van der Waals surface area (Å²) in [5.41, 5.74) is 4.35. The fourth-order valence-corrected chi connectivity index (χ4v) is 3.16. The number of rotatable bonds is 5. The summed E-state index contributed by atoms with van der Waals surface area (Å²) >= 11 is 6.03. The molecule has 2 N–H and O–H groups in total. The maximum Gasteiger partial charge on any atom is 0.255 e. The molecular weight excluding hydrogens is 384 g/mol. The van der Waals surface area contributed by atoms with Gasteiger partial charge in [-0.3, -0.25) is 4.79 Å². The van der Waals surface area contributed by atoms with Crippen molar-refractivity contribution in [3.63, 3.8) is 0 Å². The van der Waals surface area contributed by atoms with Crippen LogP contribution in [0, 0.1) is 6.92 Å². The highest BCUT2D eigenvalue weighted by atomic mass is 35.5. The van der Waals surface area contributed by atoms with Gasteiger partial charge in [0.15, 0.2) is 0 Å². The Morgan fingerprint density at radius 1 is 0.931 bits per heavy atom. The number of carbonyl (C=O) groups excluding carboxylic acids is 1. The molecule has 4 rings (SSSR count). The predicted molar refractivity (Wildman–Crippen MR) is 117 cm³/mol. The van der Waals surface area contributed by atoms with E-state index in [1.165, 1.54) is 0 Å². The van der Waals surface area contributed by atoms with Gasteiger partial charge < -0.3 is 10.6 Å². The number of para-hydroxylation sites is 1. The van der Waals surface area contributed by atoms with Gasteiger partial charge in [-0.15, -0.1) is 0 Å². The molecule has 0 fully saturated rings. The number of hydrogen-bond donors (Lipinski definition) is 2. The van der Waals surface area contributed by atoms with Gasteiger partial charge in [-0.05, 0) is 60.5 Å². The van der Waals surface area contributed by atoms with Gasteiger partial charge in [-0.25, -0.2) is 9.97 Å². The Bertz CT molecular complexity index is 1160. The predicted octanol–water partition coefficient (Wildman–Crippen LogP) is 5.46. The van der Waals surface area contributed by atoms with Crippen LogP contribution < -0.4 is 10.6 Å². The minimum atomic E-state index is -0.127. The highest BCUT2D eigenvalue weighted by Gasteiger charge is 2.07. The highest BCUT2D eigenvalue weighted by molar-refractivity contribution is 6.28. The first-order valence-corrected chi connectivity index (χ1v) is 9.59. The van der Waals surface area contributed by atoms with Crippen LogP contribution >= 0.6 is 11.6 Å². The van der Waals surface area contributed by atoms with Crippen molar-refractivity contribution in [3.8, 4) is 0 Å². The van der Waals surface area contributed by atoms with Crippen molar-refractivity contribution in [2.75, 3.05) is 10.6 Å². The molecule has 0 saturated heterocycles. The lowest BCUT2D eigenvalue weighted by Gasteiger charge is -2.10. The molecule has 0 radical (unpaired) electrons. The molecule has 144 valence electrons. The Morgan fingerprint density at radius 3 is 2.41 bits per heavy atom. The van der Waals surface area contributed by atoms with Crippen molar-refractivity contribution in [1.82, 2.24) is 9.97 Å². The molecule has 6 heteroatoms. The van der Waals surface area contributed by atoms with Gasteiger partial charge in [0.1, 0.15) is 5.82 Å². The first-order chi connectivity index (χ1) is 14.1. The van der Waals surface area contributed by atoms with Crippen molar-refractivity contribution >= 4 is 39.9 Å². The Kier molecular flexibility index (Phi) is 5.40. The molecule has 1 amide bonds. The average molecular weight is 403 g/mol. The maximum atomic E-state index is 12.3. The minimum absolute atomic E-state index is 0.127. The van der Waals surface area contributed by atoms with E-state index in [1.54, 1.807) is 0 Å². The van der Waals surface area contributed by atoms with E-state index >= 15 is 0 Å². The van der Waals surface area contributed by atoms with E-state index in [0.717, 1.165) is 27.7 Å². The van der Waals surface area contributed by atoms with Crippen molar-refractivity contribution in [2.45, 2.75) is 13.5 Å². The third kappa shape index (κ3) is 4.52. The van der Waals surface area contributed by atoms with Crippen LogP contribution in [0.5, 0.6) is 0 Å². The molecule has 4 aromatic rings. The molecule has 1 heterocycles. The van der Waals surface area contributed by atoms with E-state index in [4.69, 9.17) is 11.6 Å². The number of benzene rings is 3. The number of nitrogens with zero attached hydrogens (tertiary/aromatic N) is 2. The van der Waals surface area contributed by atoms with Gasteiger partial charge in [-0.2, -0.15) is 0 Å². The van der Waals surface area contributed by atoms with E-state index in [-0.39, 0.29) is 11.2 Å². The zero-order valence-electron chi connectivity index (χ0n) is 15.8. The lowest BCUT2D eigenvalue weighted by atomic mass is 10.1. The molecule has 0 saturated carbocycles. The standard InChI is InChI=1S/C23H19ClN4O/c1-15-6-10-17(11-7-15)22(29)26-18-12-8-16(9-13-18)14-25-21-19-4-2-3-5-20(19)27-23(24)28-21/h2-13H,14H2,1H3,(H,26,29)(H,25,27,28). The lowest BCUT2D eigenvalue weighted by molar-refractivity contribution is 0.102.